The van der Waals surface area contributed by atoms with Crippen LogP contribution in [0.25, 0.3) is 5.70 Å². The van der Waals surface area contributed by atoms with Crippen molar-refractivity contribution in [1.82, 2.24) is 34.6 Å². The van der Waals surface area contributed by atoms with Gasteiger partial charge in [-0.2, -0.15) is 5.10 Å². The molecule has 11 nitrogen and oxygen atoms in total. The fourth-order valence-electron chi connectivity index (χ4n) is 3.72. The smallest absolute Gasteiger partial charge is 0.274 e. The molecule has 34 heavy (non-hydrogen) atoms. The van der Waals surface area contributed by atoms with Gasteiger partial charge in [-0.15, -0.1) is 0 Å². The summed E-state index contributed by atoms with van der Waals surface area (Å²) in [6.45, 7) is 0.124. The number of carbonyl (C=O) groups is 1. The molecule has 2 saturated carbocycles. The van der Waals surface area contributed by atoms with Crippen LogP contribution in [-0.4, -0.2) is 65.8 Å². The third-order valence-corrected chi connectivity index (χ3v) is 5.88. The molecule has 176 valence electrons. The van der Waals surface area contributed by atoms with Gasteiger partial charge in [0, 0.05) is 26.6 Å². The lowest BCUT2D eigenvalue weighted by molar-refractivity contribution is 0.0757. The zero-order chi connectivity index (χ0) is 23.7. The summed E-state index contributed by atoms with van der Waals surface area (Å²) in [6.07, 6.45) is 12.4. The minimum atomic E-state index is -0.228. The second kappa shape index (κ2) is 9.18. The highest BCUT2D eigenvalue weighted by atomic mass is 16.3. The maximum atomic E-state index is 13.0. The maximum absolute atomic E-state index is 13.0. The van der Waals surface area contributed by atoms with Gasteiger partial charge in [0.1, 0.15) is 17.7 Å². The minimum Gasteiger partial charge on any atom is -0.395 e. The number of nitrogens with zero attached hydrogens (tertiary/aromatic N) is 7. The van der Waals surface area contributed by atoms with Crippen molar-refractivity contribution >= 4 is 28.8 Å². The van der Waals surface area contributed by atoms with E-state index in [0.29, 0.717) is 34.5 Å². The third kappa shape index (κ3) is 4.60. The van der Waals surface area contributed by atoms with E-state index in [-0.39, 0.29) is 19.1 Å². The van der Waals surface area contributed by atoms with Crippen molar-refractivity contribution in [2.75, 3.05) is 30.8 Å². The Balaban J connectivity index is 1.52. The van der Waals surface area contributed by atoms with E-state index >= 15 is 0 Å². The van der Waals surface area contributed by atoms with Crippen LogP contribution in [0.1, 0.15) is 53.5 Å². The first-order valence-corrected chi connectivity index (χ1v) is 11.3. The van der Waals surface area contributed by atoms with Crippen LogP contribution in [0.15, 0.2) is 36.7 Å². The lowest BCUT2D eigenvalue weighted by atomic mass is 10.2. The molecule has 2 aliphatic rings. The first-order chi connectivity index (χ1) is 16.5. The first kappa shape index (κ1) is 22.0. The van der Waals surface area contributed by atoms with E-state index in [1.54, 1.807) is 37.4 Å². The number of anilines is 3. The number of aliphatic hydroxyl groups excluding tert-OH is 1. The normalized spacial score (nSPS) is 14.6. The number of carbonyl (C=O) groups excluding carboxylic acids is 1. The molecule has 0 unspecified atom stereocenters. The molecule has 0 radical (unpaired) electrons. The molecule has 0 aliphatic heterocycles. The van der Waals surface area contributed by atoms with Crippen molar-refractivity contribution in [3.05, 3.63) is 53.8 Å². The molecule has 0 atom stereocenters. The van der Waals surface area contributed by atoms with Gasteiger partial charge in [0.2, 0.25) is 0 Å². The molecule has 3 aromatic rings. The fraction of sp³-hybridized carbons (Fsp3) is 0.391. The molecular formula is C23H27N9O2. The van der Waals surface area contributed by atoms with Crippen molar-refractivity contribution in [2.45, 2.75) is 31.6 Å². The average molecular weight is 462 g/mol. The van der Waals surface area contributed by atoms with Crippen LogP contribution in [0.4, 0.5) is 17.2 Å². The van der Waals surface area contributed by atoms with E-state index in [2.05, 4.69) is 25.7 Å². The van der Waals surface area contributed by atoms with Gasteiger partial charge in [-0.25, -0.2) is 19.9 Å². The van der Waals surface area contributed by atoms with Crippen LogP contribution < -0.4 is 10.6 Å². The molecule has 5 rings (SSSR count). The topological polar surface area (TPSA) is 134 Å². The minimum absolute atomic E-state index is 0.111. The maximum Gasteiger partial charge on any atom is 0.274 e. The van der Waals surface area contributed by atoms with Crippen LogP contribution in [0.3, 0.4) is 0 Å². The summed E-state index contributed by atoms with van der Waals surface area (Å²) in [4.78, 5) is 32.3. The highest BCUT2D eigenvalue weighted by molar-refractivity contribution is 6.00. The van der Waals surface area contributed by atoms with E-state index in [4.69, 9.17) is 9.97 Å². The van der Waals surface area contributed by atoms with E-state index in [1.165, 1.54) is 16.8 Å². The number of amides is 1. The number of aromatic nitrogens is 6. The van der Waals surface area contributed by atoms with Gasteiger partial charge in [0.15, 0.2) is 5.82 Å². The largest absolute Gasteiger partial charge is 0.395 e. The molecule has 11 heteroatoms. The molecule has 3 heterocycles. The van der Waals surface area contributed by atoms with Gasteiger partial charge in [-0.1, -0.05) is 0 Å². The Hall–Kier alpha value is -3.86. The predicted molar refractivity (Wildman–Crippen MR) is 126 cm³/mol. The predicted octanol–water partition coefficient (Wildman–Crippen LogP) is 2.30. The third-order valence-electron chi connectivity index (χ3n) is 5.88. The monoisotopic (exact) mass is 461 g/mol. The summed E-state index contributed by atoms with van der Waals surface area (Å²) in [7, 11) is 3.38. The van der Waals surface area contributed by atoms with Gasteiger partial charge in [-0.05, 0) is 31.3 Å². The molecule has 0 saturated heterocycles. The van der Waals surface area contributed by atoms with Crippen LogP contribution in [-0.2, 0) is 7.05 Å². The van der Waals surface area contributed by atoms with Gasteiger partial charge in [0.25, 0.3) is 5.91 Å². The quantitative estimate of drug-likeness (QED) is 0.439. The SMILES string of the molecule is CN(CCO)C(=O)c1c(NC(=C2CC2)c2nc(C3CC3)cnc2Nc2cncnc2)cnn1C. The standard InChI is InChI=1S/C23H27N9O2/c1-31(7-8-33)23(34)21-18(12-27-32(21)2)30-19(15-5-6-15)20-22(28-16-9-24-13-25-10-16)26-11-17(29-20)14-3-4-14/h9-14,30,33H,3-8H2,1-2H3,(H,26,28). The highest BCUT2D eigenvalue weighted by Gasteiger charge is 2.30. The van der Waals surface area contributed by atoms with Crippen molar-refractivity contribution in [1.29, 1.82) is 0 Å². The number of allylic oxidation sites excluding steroid dienone is 1. The molecule has 3 N–H and O–H groups in total. The number of aryl methyl sites for hydroxylation is 1. The number of likely N-dealkylation sites (N-methyl/N-ethyl adjacent to an activating group) is 1. The molecule has 0 spiro atoms. The Morgan fingerprint density at radius 2 is 1.97 bits per heavy atom. The summed E-state index contributed by atoms with van der Waals surface area (Å²) in [5.41, 5.74) is 5.41. The Kier molecular flexibility index (Phi) is 5.93. The number of rotatable bonds is 9. The highest BCUT2D eigenvalue weighted by Crippen LogP contribution is 2.42. The first-order valence-electron chi connectivity index (χ1n) is 11.3. The van der Waals surface area contributed by atoms with Crippen molar-refractivity contribution in [3.8, 4) is 0 Å². The molecule has 2 aliphatic carbocycles. The summed E-state index contributed by atoms with van der Waals surface area (Å²) in [6, 6.07) is 0. The van der Waals surface area contributed by atoms with Gasteiger partial charge in [-0.3, -0.25) is 9.48 Å². The Morgan fingerprint density at radius 3 is 2.65 bits per heavy atom. The average Bonchev–Trinajstić information content (AvgIpc) is 3.76. The zero-order valence-corrected chi connectivity index (χ0v) is 19.2. The Bertz CT molecular complexity index is 1230. The summed E-state index contributed by atoms with van der Waals surface area (Å²) in [5.74, 6) is 0.804. The van der Waals surface area contributed by atoms with Gasteiger partial charge in [0.05, 0.1) is 54.2 Å². The van der Waals surface area contributed by atoms with Gasteiger partial charge >= 0.3 is 0 Å². The number of nitrogens with one attached hydrogen (secondary N) is 2. The van der Waals surface area contributed by atoms with Crippen molar-refractivity contribution in [2.24, 2.45) is 7.05 Å². The number of aliphatic hydroxyl groups is 1. The van der Waals surface area contributed by atoms with Crippen LogP contribution >= 0.6 is 0 Å². The lowest BCUT2D eigenvalue weighted by Gasteiger charge is -2.19. The summed E-state index contributed by atoms with van der Waals surface area (Å²) in [5, 5.41) is 20.3. The van der Waals surface area contributed by atoms with Crippen molar-refractivity contribution < 1.29 is 9.90 Å². The van der Waals surface area contributed by atoms with Crippen LogP contribution in [0, 0.1) is 0 Å². The van der Waals surface area contributed by atoms with Gasteiger partial charge < -0.3 is 20.6 Å². The fourth-order valence-corrected chi connectivity index (χ4v) is 3.72. The summed E-state index contributed by atoms with van der Waals surface area (Å²) < 4.78 is 1.54. The Labute approximate surface area is 197 Å². The molecule has 0 bridgehead atoms. The molecule has 2 fully saturated rings. The number of hydrogen-bond acceptors (Lipinski definition) is 9. The second-order valence-corrected chi connectivity index (χ2v) is 8.60. The van der Waals surface area contributed by atoms with Crippen molar-refractivity contribution in [3.63, 3.8) is 0 Å². The van der Waals surface area contributed by atoms with Crippen LogP contribution in [0.5, 0.6) is 0 Å². The van der Waals surface area contributed by atoms with E-state index in [1.807, 2.05) is 6.20 Å². The van der Waals surface area contributed by atoms with Crippen LogP contribution in [0.2, 0.25) is 0 Å². The second-order valence-electron chi connectivity index (χ2n) is 8.60. The zero-order valence-electron chi connectivity index (χ0n) is 19.2. The molecule has 1 amide bonds. The molecular weight excluding hydrogens is 434 g/mol. The molecule has 0 aromatic carbocycles. The molecule has 3 aromatic heterocycles. The van der Waals surface area contributed by atoms with E-state index in [9.17, 15) is 9.90 Å². The van der Waals surface area contributed by atoms with E-state index < -0.39 is 0 Å². The Morgan fingerprint density at radius 1 is 1.21 bits per heavy atom. The summed E-state index contributed by atoms with van der Waals surface area (Å²) >= 11 is 0. The lowest BCUT2D eigenvalue weighted by Crippen LogP contribution is -2.31. The van der Waals surface area contributed by atoms with E-state index in [0.717, 1.165) is 37.1 Å². The number of hydrogen-bond donors (Lipinski definition) is 3.